The molecule has 0 bridgehead atoms. The first-order valence-corrected chi connectivity index (χ1v) is 10.0. The molecule has 1 saturated heterocycles. The Morgan fingerprint density at radius 3 is 2.82 bits per heavy atom. The van der Waals surface area contributed by atoms with Crippen LogP contribution in [-0.4, -0.2) is 12.6 Å². The number of allylic oxidation sites excluding steroid dienone is 1. The van der Waals surface area contributed by atoms with Crippen LogP contribution in [0.15, 0.2) is 12.7 Å². The smallest absolute Gasteiger partial charge is 0.0124 e. The molecule has 1 N–H and O–H groups in total. The molecule has 0 radical (unpaired) electrons. The Bertz CT molecular complexity index is 430. The Kier molecular flexibility index (Phi) is 3.92. The highest BCUT2D eigenvalue weighted by Gasteiger charge is 2.58. The molecule has 3 aliphatic carbocycles. The highest BCUT2D eigenvalue weighted by Crippen LogP contribution is 2.65. The quantitative estimate of drug-likeness (QED) is 0.696. The summed E-state index contributed by atoms with van der Waals surface area (Å²) in [5.74, 6) is 3.10. The van der Waals surface area contributed by atoms with E-state index < -0.39 is 0 Å². The van der Waals surface area contributed by atoms with Gasteiger partial charge in [0.2, 0.25) is 0 Å². The summed E-state index contributed by atoms with van der Waals surface area (Å²) < 4.78 is 0. The molecule has 6 atom stereocenters. The normalized spacial score (nSPS) is 50.8. The van der Waals surface area contributed by atoms with Crippen molar-refractivity contribution in [3.8, 4) is 0 Å². The molecule has 1 heteroatoms. The first-order chi connectivity index (χ1) is 10.7. The third-order valence-corrected chi connectivity index (χ3v) is 8.52. The fourth-order valence-corrected chi connectivity index (χ4v) is 7.52. The second kappa shape index (κ2) is 5.65. The number of nitrogens with one attached hydrogen (secondary N) is 1. The van der Waals surface area contributed by atoms with E-state index in [4.69, 9.17) is 0 Å². The third kappa shape index (κ3) is 2.14. The van der Waals surface area contributed by atoms with Gasteiger partial charge >= 0.3 is 0 Å². The Balaban J connectivity index is 1.59. The van der Waals surface area contributed by atoms with Gasteiger partial charge in [-0.05, 0) is 99.3 Å². The number of rotatable bonds is 3. The molecule has 0 aromatic carbocycles. The van der Waals surface area contributed by atoms with Crippen LogP contribution < -0.4 is 5.32 Å². The largest absolute Gasteiger partial charge is 0.313 e. The molecule has 4 rings (SSSR count). The zero-order chi connectivity index (χ0) is 15.2. The maximum atomic E-state index is 3.99. The summed E-state index contributed by atoms with van der Waals surface area (Å²) in [6, 6.07) is 0.824. The topological polar surface area (TPSA) is 12.0 Å². The van der Waals surface area contributed by atoms with Gasteiger partial charge in [0.15, 0.2) is 0 Å². The summed E-state index contributed by atoms with van der Waals surface area (Å²) in [6.07, 6.45) is 18.3. The molecule has 0 amide bonds. The maximum Gasteiger partial charge on any atom is 0.0124 e. The van der Waals surface area contributed by atoms with E-state index in [0.29, 0.717) is 10.8 Å². The molecule has 4 aliphatic rings. The predicted molar refractivity (Wildman–Crippen MR) is 93.8 cm³/mol. The minimum atomic E-state index is 0.606. The molecule has 1 heterocycles. The van der Waals surface area contributed by atoms with E-state index in [1.165, 1.54) is 77.2 Å². The van der Waals surface area contributed by atoms with Crippen LogP contribution in [0.25, 0.3) is 0 Å². The minimum Gasteiger partial charge on any atom is -0.313 e. The monoisotopic (exact) mass is 301 g/mol. The summed E-state index contributed by atoms with van der Waals surface area (Å²) in [7, 11) is 0. The number of fused-ring (bicyclic) bond motifs is 5. The predicted octanol–water partition coefficient (Wildman–Crippen LogP) is 5.32. The molecule has 0 aromatic heterocycles. The van der Waals surface area contributed by atoms with Crippen LogP contribution in [-0.2, 0) is 0 Å². The zero-order valence-corrected chi connectivity index (χ0v) is 14.6. The lowest BCUT2D eigenvalue weighted by atomic mass is 9.47. The first kappa shape index (κ1) is 15.2. The fourth-order valence-electron chi connectivity index (χ4n) is 7.52. The summed E-state index contributed by atoms with van der Waals surface area (Å²) >= 11 is 0. The van der Waals surface area contributed by atoms with Crippen LogP contribution >= 0.6 is 0 Å². The van der Waals surface area contributed by atoms with Crippen LogP contribution in [0.3, 0.4) is 0 Å². The molecule has 3 saturated carbocycles. The average Bonchev–Trinajstić information content (AvgIpc) is 2.96. The summed E-state index contributed by atoms with van der Waals surface area (Å²) in [6.45, 7) is 7.91. The van der Waals surface area contributed by atoms with Crippen molar-refractivity contribution in [2.45, 2.75) is 83.6 Å². The van der Waals surface area contributed by atoms with Crippen molar-refractivity contribution in [2.75, 3.05) is 6.54 Å². The molecule has 22 heavy (non-hydrogen) atoms. The molecule has 4 fully saturated rings. The Hall–Kier alpha value is -0.300. The number of hydrogen-bond donors (Lipinski definition) is 1. The second-order valence-electron chi connectivity index (χ2n) is 9.19. The molecule has 124 valence electrons. The molecule has 1 unspecified atom stereocenters. The van der Waals surface area contributed by atoms with Gasteiger partial charge in [-0.1, -0.05) is 19.4 Å². The van der Waals surface area contributed by atoms with Crippen molar-refractivity contribution in [3.05, 3.63) is 12.7 Å². The van der Waals surface area contributed by atoms with Crippen LogP contribution in [0.1, 0.15) is 77.6 Å². The van der Waals surface area contributed by atoms with Crippen LogP contribution in [0, 0.1) is 28.6 Å². The van der Waals surface area contributed by atoms with Crippen LogP contribution in [0.5, 0.6) is 0 Å². The molecule has 1 aliphatic heterocycles. The SMILES string of the molecule is C=CCC[C@@]12CCC[C@H]1[C@@H]1CCC3NCCC[C@]3(C)[C@H]1CC2. The van der Waals surface area contributed by atoms with Crippen molar-refractivity contribution >= 4 is 0 Å². The Morgan fingerprint density at radius 1 is 1.05 bits per heavy atom. The van der Waals surface area contributed by atoms with Gasteiger partial charge < -0.3 is 5.32 Å². The van der Waals surface area contributed by atoms with Gasteiger partial charge in [0.1, 0.15) is 0 Å². The van der Waals surface area contributed by atoms with E-state index in [9.17, 15) is 0 Å². The molecule has 0 spiro atoms. The lowest BCUT2D eigenvalue weighted by molar-refractivity contribution is -0.0915. The van der Waals surface area contributed by atoms with E-state index >= 15 is 0 Å². The number of piperidine rings is 1. The van der Waals surface area contributed by atoms with E-state index in [0.717, 1.165) is 23.8 Å². The highest BCUT2D eigenvalue weighted by atomic mass is 15.0. The Morgan fingerprint density at radius 2 is 1.95 bits per heavy atom. The third-order valence-electron chi connectivity index (χ3n) is 8.52. The van der Waals surface area contributed by atoms with Crippen molar-refractivity contribution in [1.82, 2.24) is 5.32 Å². The van der Waals surface area contributed by atoms with Gasteiger partial charge in [-0.2, -0.15) is 0 Å². The van der Waals surface area contributed by atoms with Crippen molar-refractivity contribution < 1.29 is 0 Å². The van der Waals surface area contributed by atoms with Gasteiger partial charge in [-0.3, -0.25) is 0 Å². The van der Waals surface area contributed by atoms with E-state index in [1.54, 1.807) is 0 Å². The average molecular weight is 302 g/mol. The summed E-state index contributed by atoms with van der Waals surface area (Å²) in [5.41, 5.74) is 1.31. The van der Waals surface area contributed by atoms with Crippen molar-refractivity contribution in [3.63, 3.8) is 0 Å². The molecule has 0 aromatic rings. The maximum absolute atomic E-state index is 3.99. The second-order valence-corrected chi connectivity index (χ2v) is 9.19. The fraction of sp³-hybridized carbons (Fsp3) is 0.905. The first-order valence-electron chi connectivity index (χ1n) is 10.0. The molecule has 1 nitrogen and oxygen atoms in total. The van der Waals surface area contributed by atoms with Gasteiger partial charge in [0.25, 0.3) is 0 Å². The summed E-state index contributed by atoms with van der Waals surface area (Å²) in [5, 5.41) is 3.88. The van der Waals surface area contributed by atoms with Gasteiger partial charge in [0.05, 0.1) is 0 Å². The molecular weight excluding hydrogens is 266 g/mol. The van der Waals surface area contributed by atoms with Crippen molar-refractivity contribution in [2.24, 2.45) is 28.6 Å². The van der Waals surface area contributed by atoms with E-state index in [1.807, 2.05) is 0 Å². The van der Waals surface area contributed by atoms with Gasteiger partial charge in [-0.25, -0.2) is 0 Å². The minimum absolute atomic E-state index is 0.606. The summed E-state index contributed by atoms with van der Waals surface area (Å²) in [4.78, 5) is 0. The standard InChI is InChI=1S/C21H35N/c1-3-4-12-21-13-5-7-18(21)16-8-9-19-20(2,11-6-15-22-19)17(16)10-14-21/h3,16-19,22H,1,4-15H2,2H3/t16-,17+,18+,19?,20-,21+/m1/s1. The zero-order valence-electron chi connectivity index (χ0n) is 14.6. The van der Waals surface area contributed by atoms with E-state index in [-0.39, 0.29) is 0 Å². The van der Waals surface area contributed by atoms with Crippen LogP contribution in [0.4, 0.5) is 0 Å². The number of hydrogen-bond acceptors (Lipinski definition) is 1. The highest BCUT2D eigenvalue weighted by molar-refractivity contribution is 5.09. The van der Waals surface area contributed by atoms with Gasteiger partial charge in [0, 0.05) is 6.04 Å². The lowest BCUT2D eigenvalue weighted by Crippen LogP contribution is -2.59. The lowest BCUT2D eigenvalue weighted by Gasteiger charge is -2.60. The van der Waals surface area contributed by atoms with E-state index in [2.05, 4.69) is 24.9 Å². The molecular formula is C21H35N. The van der Waals surface area contributed by atoms with Gasteiger partial charge in [-0.15, -0.1) is 6.58 Å². The Labute approximate surface area is 137 Å². The van der Waals surface area contributed by atoms with Crippen LogP contribution in [0.2, 0.25) is 0 Å². The van der Waals surface area contributed by atoms with Crippen molar-refractivity contribution in [1.29, 1.82) is 0 Å².